The number of aryl methyl sites for hydroxylation is 1. The number of amides is 6. The van der Waals surface area contributed by atoms with E-state index in [4.69, 9.17) is 0 Å². The molecule has 0 radical (unpaired) electrons. The van der Waals surface area contributed by atoms with Crippen LogP contribution in [0.25, 0.3) is 10.4 Å². The zero-order valence-electron chi connectivity index (χ0n) is 56.5. The van der Waals surface area contributed by atoms with Gasteiger partial charge in [-0.25, -0.2) is 23.7 Å². The summed E-state index contributed by atoms with van der Waals surface area (Å²) in [6, 6.07) is 18.1. The van der Waals surface area contributed by atoms with Crippen LogP contribution in [0.15, 0.2) is 78.6 Å². The summed E-state index contributed by atoms with van der Waals surface area (Å²) < 4.78 is 31.4. The van der Waals surface area contributed by atoms with Crippen LogP contribution in [0.2, 0.25) is 0 Å². The number of aliphatic hydroxyl groups is 1. The van der Waals surface area contributed by atoms with Crippen LogP contribution in [0.3, 0.4) is 0 Å². The second kappa shape index (κ2) is 30.0. The number of β-amino-alcohol motifs (C(OH)–C–C–N with tert-alkyl or cyclic N) is 1. The van der Waals surface area contributed by atoms with E-state index in [9.17, 15) is 33.9 Å². The number of likely N-dealkylation sites (tertiary alicyclic amines) is 4. The molecule has 516 valence electrons. The molecule has 2 aromatic heterocycles. The Hall–Kier alpha value is -7.71. The second-order valence-electron chi connectivity index (χ2n) is 29.4. The zero-order valence-corrected chi connectivity index (χ0v) is 57.3. The van der Waals surface area contributed by atoms with Gasteiger partial charge in [-0.15, -0.1) is 11.3 Å². The monoisotopic (exact) mass is 1340 g/mol. The Morgan fingerprint density at radius 2 is 1.47 bits per heavy atom. The lowest BCUT2D eigenvalue weighted by Crippen LogP contribution is -2.66. The van der Waals surface area contributed by atoms with E-state index in [1.807, 2.05) is 88.7 Å². The number of halogens is 2. The number of carbonyl (C=O) groups excluding carboxylic acids is 6. The molecule has 0 aliphatic carbocycles. The minimum absolute atomic E-state index is 0.0406. The van der Waals surface area contributed by atoms with Crippen molar-refractivity contribution in [3.05, 3.63) is 118 Å². The van der Waals surface area contributed by atoms with E-state index < -0.39 is 58.5 Å². The summed E-state index contributed by atoms with van der Waals surface area (Å²) in [4.78, 5) is 107. The molecule has 6 saturated heterocycles. The third kappa shape index (κ3) is 17.5. The van der Waals surface area contributed by atoms with Gasteiger partial charge in [0, 0.05) is 122 Å². The van der Waals surface area contributed by atoms with Crippen LogP contribution in [0.4, 0.5) is 26.1 Å². The van der Waals surface area contributed by atoms with Crippen LogP contribution in [0, 0.1) is 41.2 Å². The highest BCUT2D eigenvalue weighted by molar-refractivity contribution is 7.13. The van der Waals surface area contributed by atoms with E-state index in [1.54, 1.807) is 16.2 Å². The smallest absolute Gasteiger partial charge is 0.246 e. The highest BCUT2D eigenvalue weighted by Crippen LogP contribution is 2.37. The molecule has 0 saturated carbocycles. The number of piperazine rings is 1. The van der Waals surface area contributed by atoms with Gasteiger partial charge in [-0.2, -0.15) is 0 Å². The molecule has 0 unspecified atom stereocenters. The summed E-state index contributed by atoms with van der Waals surface area (Å²) >= 11 is 1.56. The predicted octanol–water partition coefficient (Wildman–Crippen LogP) is 6.14. The molecule has 0 bridgehead atoms. The molecule has 8 heterocycles. The fourth-order valence-corrected chi connectivity index (χ4v) is 15.4. The summed E-state index contributed by atoms with van der Waals surface area (Å²) in [7, 11) is 0. The quantitative estimate of drug-likeness (QED) is 0.0388. The number of nitrogens with zero attached hydrogens (tertiary/aromatic N) is 9. The van der Waals surface area contributed by atoms with E-state index in [1.165, 1.54) is 23.4 Å². The molecule has 25 heteroatoms. The first-order chi connectivity index (χ1) is 45.8. The van der Waals surface area contributed by atoms with Gasteiger partial charge in [-0.05, 0) is 104 Å². The lowest BCUT2D eigenvalue weighted by molar-refractivity contribution is -0.144. The number of nitrogens with one attached hydrogen (secondary N) is 6. The minimum Gasteiger partial charge on any atom is -0.391 e. The van der Waals surface area contributed by atoms with Gasteiger partial charge >= 0.3 is 0 Å². The van der Waals surface area contributed by atoms with E-state index in [0.717, 1.165) is 90.8 Å². The Morgan fingerprint density at radius 3 is 2.17 bits per heavy atom. The number of benzene rings is 3. The maximum Gasteiger partial charge on any atom is 0.246 e. The number of hydrogen-bond acceptors (Lipinski definition) is 17. The molecule has 7 N–H and O–H groups in total. The maximum atomic E-state index is 15.8. The molecule has 6 fully saturated rings. The summed E-state index contributed by atoms with van der Waals surface area (Å²) in [5.41, 5.74) is 6.02. The molecule has 6 aliphatic rings. The van der Waals surface area contributed by atoms with Gasteiger partial charge in [0.25, 0.3) is 0 Å². The number of aliphatic hydroxyl groups excluding tert-OH is 1. The number of rotatable bonds is 23. The fraction of sp³-hybridized carbons (Fsp3) is 0.563. The first-order valence-electron chi connectivity index (χ1n) is 34.0. The van der Waals surface area contributed by atoms with Crippen molar-refractivity contribution in [3.63, 3.8) is 0 Å². The van der Waals surface area contributed by atoms with Gasteiger partial charge in [0.15, 0.2) is 0 Å². The number of aromatic nitrogens is 3. The summed E-state index contributed by atoms with van der Waals surface area (Å²) in [6.45, 7) is 22.9. The minimum atomic E-state index is -1.01. The third-order valence-corrected chi connectivity index (χ3v) is 21.3. The molecule has 6 atom stereocenters. The lowest BCUT2D eigenvalue weighted by Gasteiger charge is -2.48. The molecule has 22 nitrogen and oxygen atoms in total. The number of piperidine rings is 2. The first-order valence-corrected chi connectivity index (χ1v) is 34.9. The Balaban J connectivity index is 0.558. The van der Waals surface area contributed by atoms with Crippen LogP contribution in [0.1, 0.15) is 120 Å². The summed E-state index contributed by atoms with van der Waals surface area (Å²) in [5, 5.41) is 29.3. The Labute approximate surface area is 566 Å². The van der Waals surface area contributed by atoms with Crippen LogP contribution in [0.5, 0.6) is 0 Å². The number of carbonyl (C=O) groups is 6. The maximum absolute atomic E-state index is 15.8. The Bertz CT molecular complexity index is 3590. The molecular weight excluding hydrogens is 1240 g/mol. The number of anilines is 3. The van der Waals surface area contributed by atoms with Gasteiger partial charge in [-0.3, -0.25) is 38.6 Å². The van der Waals surface area contributed by atoms with Crippen molar-refractivity contribution in [2.24, 2.45) is 22.7 Å². The normalized spacial score (nSPS) is 21.9. The molecule has 6 aliphatic heterocycles. The Morgan fingerprint density at radius 1 is 0.771 bits per heavy atom. The molecular formula is C71H95F2N15O7S. The largest absolute Gasteiger partial charge is 0.391 e. The van der Waals surface area contributed by atoms with Crippen LogP contribution < -0.4 is 41.7 Å². The average molecular weight is 1340 g/mol. The van der Waals surface area contributed by atoms with Crippen molar-refractivity contribution in [2.75, 3.05) is 107 Å². The van der Waals surface area contributed by atoms with Crippen molar-refractivity contribution in [1.29, 1.82) is 0 Å². The zero-order chi connectivity index (χ0) is 68.1. The van der Waals surface area contributed by atoms with Crippen LogP contribution in [-0.4, -0.2) is 190 Å². The SMILES string of the molecule is Cc1ncsc1-c1ccc([C@H](C)NC(=O)[C@@H]2C[C@@H](O)CN2C(=O)[C@@H](NC(=O)CCC(=O)NCCN2C[C@@H]3CN(CC(=O)NCc4cccc(CNc5cc(N6CCC7(CC6)CN(c6cc(F)c(CN8CCC(C)(C)CC8)cc6F)CC(=O)N7)ncn5)c4)C[C@@H]3C2)C(C)(C)C)cc1. The van der Waals surface area contributed by atoms with Crippen LogP contribution >= 0.6 is 11.3 Å². The van der Waals surface area contributed by atoms with Gasteiger partial charge in [-0.1, -0.05) is 83.1 Å². The van der Waals surface area contributed by atoms with Crippen LogP contribution in [-0.2, 0) is 48.4 Å². The lowest BCUT2D eigenvalue weighted by atomic mass is 9.82. The second-order valence-corrected chi connectivity index (χ2v) is 30.3. The molecule has 5 aromatic rings. The third-order valence-electron chi connectivity index (χ3n) is 20.3. The van der Waals surface area contributed by atoms with Crippen molar-refractivity contribution in [1.82, 2.24) is 61.1 Å². The van der Waals surface area contributed by atoms with Gasteiger partial charge in [0.1, 0.15) is 41.7 Å². The molecule has 6 amide bonds. The molecule has 1 spiro atoms. The molecule has 3 aromatic carbocycles. The van der Waals surface area contributed by atoms with Crippen molar-refractivity contribution < 1.29 is 42.7 Å². The van der Waals surface area contributed by atoms with Crippen molar-refractivity contribution in [3.8, 4) is 10.4 Å². The average Bonchev–Trinajstić information content (AvgIpc) is 0.903. The predicted molar refractivity (Wildman–Crippen MR) is 365 cm³/mol. The van der Waals surface area contributed by atoms with E-state index >= 15 is 8.78 Å². The molecule has 11 rings (SSSR count). The van der Waals surface area contributed by atoms with E-state index in [2.05, 4.69) is 86.4 Å². The topological polar surface area (TPSA) is 253 Å². The van der Waals surface area contributed by atoms with E-state index in [-0.39, 0.29) is 67.2 Å². The highest BCUT2D eigenvalue weighted by Gasteiger charge is 2.46. The van der Waals surface area contributed by atoms with Gasteiger partial charge in [0.05, 0.1) is 52.5 Å². The summed E-state index contributed by atoms with van der Waals surface area (Å²) in [6.07, 6.45) is 3.70. The van der Waals surface area contributed by atoms with Crippen molar-refractivity contribution in [2.45, 2.75) is 143 Å². The number of thiazole rings is 1. The first kappa shape index (κ1) is 69.6. The van der Waals surface area contributed by atoms with Gasteiger partial charge < -0.3 is 56.6 Å². The van der Waals surface area contributed by atoms with Gasteiger partial charge in [0.2, 0.25) is 35.4 Å². The standard InChI is InChI=1S/C71H95F2N15O7S/c1-45(49-11-13-50(14-12-49)65-46(2)79-44-96-65)80-67(94)58-29-54(89)39-88(58)68(95)66(69(3,4)5)81-62(91)16-15-61(90)74-21-26-84-35-52-37-85(38-53(52)36-84)40-63(92)76-33-48-10-8-9-47(27-48)32-75-59-31-60(78-43-77-59)86-24-19-71(20-25-86)42-87(41-64(93)82-71)57-30-55(72)51(28-56(57)73)34-83-22-17-70(6,7)18-23-83/h8-14,27-28,30-31,43-45,52-54,58,66,89H,15-26,29,32-42H2,1-7H3,(H,74,90)(H,76,92)(H,80,94)(H,81,91)(H,82,93)(H,75,77,78)/t45-,52-,53+,54+,58-,66+/m0/s1. The van der Waals surface area contributed by atoms with Crippen molar-refractivity contribution >= 4 is 64.1 Å². The molecule has 96 heavy (non-hydrogen) atoms. The van der Waals surface area contributed by atoms with E-state index in [0.29, 0.717) is 95.0 Å². The fourth-order valence-electron chi connectivity index (χ4n) is 14.6. The highest BCUT2D eigenvalue weighted by atomic mass is 32.1. The number of hydrogen-bond donors (Lipinski definition) is 7. The number of fused-ring (bicyclic) bond motifs is 1. The summed E-state index contributed by atoms with van der Waals surface area (Å²) in [5.74, 6) is -0.606. The Kier molecular flexibility index (Phi) is 21.7.